The number of aliphatic hydroxyl groups is 2. The van der Waals surface area contributed by atoms with Gasteiger partial charge in [-0.2, -0.15) is 23.1 Å². The summed E-state index contributed by atoms with van der Waals surface area (Å²) in [6.07, 6.45) is -4.84. The van der Waals surface area contributed by atoms with Gasteiger partial charge in [-0.15, -0.1) is 10.1 Å². The van der Waals surface area contributed by atoms with E-state index in [1.807, 2.05) is 6.07 Å². The molecule has 1 aromatic heterocycles. The van der Waals surface area contributed by atoms with E-state index in [2.05, 4.69) is 20.4 Å². The number of hydrogen-bond acceptors (Lipinski definition) is 13. The Hall–Kier alpha value is -4.13. The van der Waals surface area contributed by atoms with Crippen molar-refractivity contribution in [2.45, 2.75) is 50.5 Å². The van der Waals surface area contributed by atoms with Gasteiger partial charge in [0, 0.05) is 45.3 Å². The molecular formula is C29H36ClF3N8O7. The molecule has 3 aliphatic heterocycles. The number of carbonyl (C=O) groups is 3. The van der Waals surface area contributed by atoms with Gasteiger partial charge in [0.25, 0.3) is 0 Å². The van der Waals surface area contributed by atoms with Gasteiger partial charge in [-0.3, -0.25) is 0 Å². The Labute approximate surface area is 278 Å². The number of hydroxylamine groups is 3. The van der Waals surface area contributed by atoms with Crippen LogP contribution in [-0.4, -0.2) is 108 Å². The van der Waals surface area contributed by atoms with Crippen LogP contribution in [0.1, 0.15) is 37.7 Å². The molecule has 2 unspecified atom stereocenters. The molecule has 2 atom stereocenters. The lowest BCUT2D eigenvalue weighted by Crippen LogP contribution is -2.47. The molecule has 5 rings (SSSR count). The largest absolute Gasteiger partial charge is 0.417 e. The maximum absolute atomic E-state index is 13.5. The lowest BCUT2D eigenvalue weighted by molar-refractivity contribution is -0.192. The Morgan fingerprint density at radius 3 is 2.19 bits per heavy atom. The highest BCUT2D eigenvalue weighted by Gasteiger charge is 2.42. The highest BCUT2D eigenvalue weighted by Crippen LogP contribution is 2.37. The Morgan fingerprint density at radius 2 is 1.52 bits per heavy atom. The van der Waals surface area contributed by atoms with Crippen LogP contribution < -0.4 is 25.5 Å². The fraction of sp³-hybridized carbons (Fsp3) is 0.552. The smallest absolute Gasteiger partial charge is 0.379 e. The van der Waals surface area contributed by atoms with Crippen molar-refractivity contribution in [3.63, 3.8) is 0 Å². The van der Waals surface area contributed by atoms with E-state index in [9.17, 15) is 37.8 Å². The lowest BCUT2D eigenvalue weighted by atomic mass is 10.2. The number of carbonyl (C=O) groups excluding carboxylic acids is 3. The molecule has 4 N–H and O–H groups in total. The number of anilines is 4. The molecule has 0 aliphatic carbocycles. The fourth-order valence-electron chi connectivity index (χ4n) is 5.32. The van der Waals surface area contributed by atoms with E-state index < -0.39 is 52.6 Å². The summed E-state index contributed by atoms with van der Waals surface area (Å²) < 4.78 is 40.5. The molecule has 2 aromatic rings. The number of nitrogens with zero attached hydrogens (tertiary/aromatic N) is 6. The molecule has 1 aromatic carbocycles. The van der Waals surface area contributed by atoms with Gasteiger partial charge in [0.1, 0.15) is 11.6 Å². The van der Waals surface area contributed by atoms with Gasteiger partial charge in [-0.25, -0.2) is 14.4 Å². The predicted molar refractivity (Wildman–Crippen MR) is 166 cm³/mol. The fourth-order valence-corrected chi connectivity index (χ4v) is 5.54. The van der Waals surface area contributed by atoms with Gasteiger partial charge in [0.2, 0.25) is 5.95 Å². The maximum Gasteiger partial charge on any atom is 0.417 e. The molecule has 15 nitrogen and oxygen atoms in total. The molecular weight excluding hydrogens is 665 g/mol. The zero-order valence-corrected chi connectivity index (χ0v) is 26.5. The zero-order valence-electron chi connectivity index (χ0n) is 25.8. The number of benzene rings is 1. The second-order valence-corrected chi connectivity index (χ2v) is 11.8. The third kappa shape index (κ3) is 8.47. The standard InChI is InChI=1S/C29H36ClF3N8O7/c30-20-7-6-18(16-19(20)29(31,32)33)41-28(46)40(47-25(44)23(42)24(43)26(45)48-41)15-10-34-8-5-9-35-21-17-22(38-11-1-2-12-38)37-27(36-21)39-13-3-4-14-39/h6-7,16-17,23-24,34,42-43H,1-5,8-15H2,(H,35,36,37). The minimum absolute atomic E-state index is 0.0135. The first-order valence-electron chi connectivity index (χ1n) is 15.5. The molecule has 4 heterocycles. The average molecular weight is 701 g/mol. The van der Waals surface area contributed by atoms with E-state index in [0.29, 0.717) is 42.4 Å². The highest BCUT2D eigenvalue weighted by atomic mass is 35.5. The lowest BCUT2D eigenvalue weighted by Gasteiger charge is -2.27. The van der Waals surface area contributed by atoms with Gasteiger partial charge >= 0.3 is 24.1 Å². The molecule has 0 spiro atoms. The quantitative estimate of drug-likeness (QED) is 0.252. The SMILES string of the molecule is O=C1ON(CCNCCCNc2cc(N3CCCC3)nc(N3CCCC3)n2)C(=O)N(c2ccc(Cl)c(C(F)(F)F)c2)OC(=O)C(O)C1O. The second-order valence-electron chi connectivity index (χ2n) is 11.4. The first-order chi connectivity index (χ1) is 22.9. The molecule has 0 radical (unpaired) electrons. The van der Waals surface area contributed by atoms with Crippen LogP contribution in [0.3, 0.4) is 0 Å². The number of alkyl halides is 3. The van der Waals surface area contributed by atoms with Gasteiger partial charge in [0.05, 0.1) is 22.8 Å². The number of aliphatic hydroxyl groups excluding tert-OH is 2. The number of halogens is 4. The van der Waals surface area contributed by atoms with Crippen molar-refractivity contribution in [2.24, 2.45) is 0 Å². The maximum atomic E-state index is 13.5. The summed E-state index contributed by atoms with van der Waals surface area (Å²) in [5.41, 5.74) is -1.95. The van der Waals surface area contributed by atoms with E-state index in [1.54, 1.807) is 0 Å². The Morgan fingerprint density at radius 1 is 0.875 bits per heavy atom. The average Bonchev–Trinajstić information content (AvgIpc) is 3.80. The highest BCUT2D eigenvalue weighted by molar-refractivity contribution is 6.31. The Bertz CT molecular complexity index is 1440. The van der Waals surface area contributed by atoms with Crippen LogP contribution in [0.25, 0.3) is 0 Å². The van der Waals surface area contributed by atoms with Gasteiger partial charge in [-0.05, 0) is 56.8 Å². The number of hydrogen-bond donors (Lipinski definition) is 4. The van der Waals surface area contributed by atoms with Crippen molar-refractivity contribution < 1.29 is 47.4 Å². The second kappa shape index (κ2) is 15.4. The van der Waals surface area contributed by atoms with Crippen molar-refractivity contribution in [2.75, 3.05) is 72.5 Å². The summed E-state index contributed by atoms with van der Waals surface area (Å²) in [4.78, 5) is 61.7. The van der Waals surface area contributed by atoms with Crippen molar-refractivity contribution in [1.29, 1.82) is 0 Å². The van der Waals surface area contributed by atoms with Gasteiger partial charge in [0.15, 0.2) is 12.2 Å². The monoisotopic (exact) mass is 700 g/mol. The van der Waals surface area contributed by atoms with E-state index >= 15 is 0 Å². The van der Waals surface area contributed by atoms with Crippen molar-refractivity contribution in [1.82, 2.24) is 20.3 Å². The van der Waals surface area contributed by atoms with Crippen molar-refractivity contribution in [3.05, 3.63) is 34.9 Å². The first kappa shape index (κ1) is 35.2. The van der Waals surface area contributed by atoms with Crippen LogP contribution in [0.4, 0.5) is 41.2 Å². The molecule has 0 bridgehead atoms. The van der Waals surface area contributed by atoms with Crippen LogP contribution in [0.2, 0.25) is 5.02 Å². The molecule has 19 heteroatoms. The summed E-state index contributed by atoms with van der Waals surface area (Å²) in [5, 5.41) is 26.3. The first-order valence-corrected chi connectivity index (χ1v) is 15.9. The number of nitrogens with one attached hydrogen (secondary N) is 2. The minimum atomic E-state index is -4.93. The number of rotatable bonds is 11. The summed E-state index contributed by atoms with van der Waals surface area (Å²) >= 11 is 5.68. The van der Waals surface area contributed by atoms with Gasteiger partial charge < -0.3 is 40.3 Å². The van der Waals surface area contributed by atoms with Crippen molar-refractivity contribution >= 4 is 52.8 Å². The number of aromatic nitrogens is 2. The van der Waals surface area contributed by atoms with E-state index in [4.69, 9.17) is 31.2 Å². The summed E-state index contributed by atoms with van der Waals surface area (Å²) in [5.74, 6) is -0.954. The number of urea groups is 1. The van der Waals surface area contributed by atoms with Crippen LogP contribution in [0.15, 0.2) is 24.3 Å². The molecule has 3 fully saturated rings. The van der Waals surface area contributed by atoms with Crippen LogP contribution in [0, 0.1) is 0 Å². The van der Waals surface area contributed by atoms with Crippen molar-refractivity contribution in [3.8, 4) is 0 Å². The molecule has 0 saturated carbocycles. The van der Waals surface area contributed by atoms with Gasteiger partial charge in [-0.1, -0.05) is 11.6 Å². The van der Waals surface area contributed by atoms with E-state index in [0.717, 1.165) is 69.8 Å². The molecule has 3 aliphatic rings. The Kier molecular flexibility index (Phi) is 11.3. The molecule has 48 heavy (non-hydrogen) atoms. The minimum Gasteiger partial charge on any atom is -0.379 e. The molecule has 2 amide bonds. The molecule has 262 valence electrons. The summed E-state index contributed by atoms with van der Waals surface area (Å²) in [7, 11) is 0. The van der Waals surface area contributed by atoms with Crippen LogP contribution in [-0.2, 0) is 25.4 Å². The predicted octanol–water partition coefficient (Wildman–Crippen LogP) is 2.32. The topological polar surface area (TPSA) is 173 Å². The number of amides is 2. The van der Waals surface area contributed by atoms with Crippen LogP contribution in [0.5, 0.6) is 0 Å². The Balaban J connectivity index is 1.19. The zero-order chi connectivity index (χ0) is 34.4. The third-order valence-electron chi connectivity index (χ3n) is 7.89. The molecule has 3 saturated heterocycles. The third-order valence-corrected chi connectivity index (χ3v) is 8.22. The summed E-state index contributed by atoms with van der Waals surface area (Å²) in [6.45, 7) is 4.32. The van der Waals surface area contributed by atoms with Crippen LogP contribution >= 0.6 is 11.6 Å². The van der Waals surface area contributed by atoms with E-state index in [1.165, 1.54) is 0 Å². The summed E-state index contributed by atoms with van der Waals surface area (Å²) in [6, 6.07) is 2.77. The normalized spacial score (nSPS) is 20.8. The van der Waals surface area contributed by atoms with E-state index in [-0.39, 0.29) is 18.2 Å².